The quantitative estimate of drug-likeness (QED) is 0.401. The normalized spacial score (nSPS) is 17.5. The van der Waals surface area contributed by atoms with Crippen LogP contribution in [0.1, 0.15) is 19.8 Å². The molecule has 0 bridgehead atoms. The van der Waals surface area contributed by atoms with E-state index in [1.165, 1.54) is 12.8 Å². The summed E-state index contributed by atoms with van der Waals surface area (Å²) in [4.78, 5) is 6.37. The van der Waals surface area contributed by atoms with E-state index in [9.17, 15) is 8.42 Å². The minimum absolute atomic E-state index is 0.119. The summed E-state index contributed by atoms with van der Waals surface area (Å²) >= 11 is 0. The Morgan fingerprint density at radius 1 is 1.29 bits per heavy atom. The van der Waals surface area contributed by atoms with E-state index in [0.717, 1.165) is 19.0 Å². The lowest BCUT2D eigenvalue weighted by Gasteiger charge is -2.20. The number of guanidine groups is 1. The Labute approximate surface area is 104 Å². The summed E-state index contributed by atoms with van der Waals surface area (Å²) in [6.45, 7) is 4.63. The van der Waals surface area contributed by atoms with E-state index in [1.807, 2.05) is 0 Å². The van der Waals surface area contributed by atoms with Gasteiger partial charge in [0.15, 0.2) is 5.96 Å². The lowest BCUT2D eigenvalue weighted by atomic mass is 10.4. The first-order valence-corrected chi connectivity index (χ1v) is 7.67. The van der Waals surface area contributed by atoms with Crippen molar-refractivity contribution in [2.75, 3.05) is 39.0 Å². The molecule has 100 valence electrons. The van der Waals surface area contributed by atoms with Gasteiger partial charge in [0.05, 0.1) is 5.75 Å². The second-order valence-electron chi connectivity index (χ2n) is 3.97. The van der Waals surface area contributed by atoms with Crippen molar-refractivity contribution in [2.24, 2.45) is 4.99 Å². The Morgan fingerprint density at radius 3 is 2.47 bits per heavy atom. The van der Waals surface area contributed by atoms with Crippen molar-refractivity contribution in [3.05, 3.63) is 0 Å². The SMILES string of the molecule is CCS(=O)(=O)NCCNC(=NC)N1CCCC1. The second-order valence-corrected chi connectivity index (χ2v) is 6.06. The van der Waals surface area contributed by atoms with Gasteiger partial charge in [-0.05, 0) is 19.8 Å². The molecular formula is C10H22N4O2S. The van der Waals surface area contributed by atoms with E-state index >= 15 is 0 Å². The van der Waals surface area contributed by atoms with Gasteiger partial charge in [-0.25, -0.2) is 13.1 Å². The number of hydrogen-bond acceptors (Lipinski definition) is 3. The maximum atomic E-state index is 11.2. The topological polar surface area (TPSA) is 73.8 Å². The molecular weight excluding hydrogens is 240 g/mol. The predicted molar refractivity (Wildman–Crippen MR) is 69.6 cm³/mol. The molecule has 0 unspecified atom stereocenters. The van der Waals surface area contributed by atoms with Crippen LogP contribution in [-0.2, 0) is 10.0 Å². The number of hydrogen-bond donors (Lipinski definition) is 2. The van der Waals surface area contributed by atoms with Gasteiger partial charge in [-0.3, -0.25) is 4.99 Å². The number of rotatable bonds is 5. The summed E-state index contributed by atoms with van der Waals surface area (Å²) in [7, 11) is -1.34. The molecule has 0 saturated carbocycles. The number of nitrogens with one attached hydrogen (secondary N) is 2. The van der Waals surface area contributed by atoms with Crippen molar-refractivity contribution < 1.29 is 8.42 Å². The lowest BCUT2D eigenvalue weighted by Crippen LogP contribution is -2.43. The third-order valence-electron chi connectivity index (χ3n) is 2.73. The average molecular weight is 262 g/mol. The summed E-state index contributed by atoms with van der Waals surface area (Å²) in [6, 6.07) is 0. The molecule has 1 fully saturated rings. The van der Waals surface area contributed by atoms with Crippen LogP contribution in [0.3, 0.4) is 0 Å². The molecule has 1 saturated heterocycles. The van der Waals surface area contributed by atoms with E-state index in [1.54, 1.807) is 14.0 Å². The van der Waals surface area contributed by atoms with Gasteiger partial charge in [0.2, 0.25) is 10.0 Å². The molecule has 0 amide bonds. The summed E-state index contributed by atoms with van der Waals surface area (Å²) in [5.74, 6) is 0.978. The van der Waals surface area contributed by atoms with E-state index in [-0.39, 0.29) is 5.75 Å². The molecule has 0 radical (unpaired) electrons. The number of nitrogens with zero attached hydrogens (tertiary/aromatic N) is 2. The number of sulfonamides is 1. The first-order valence-electron chi connectivity index (χ1n) is 6.02. The van der Waals surface area contributed by atoms with E-state index in [0.29, 0.717) is 13.1 Å². The summed E-state index contributed by atoms with van der Waals surface area (Å²) in [6.07, 6.45) is 2.40. The molecule has 0 aromatic rings. The average Bonchev–Trinajstić information content (AvgIpc) is 2.83. The molecule has 0 aromatic heterocycles. The van der Waals surface area contributed by atoms with Crippen molar-refractivity contribution in [3.8, 4) is 0 Å². The smallest absolute Gasteiger partial charge is 0.211 e. The Kier molecular flexibility index (Phi) is 5.70. The van der Waals surface area contributed by atoms with E-state index < -0.39 is 10.0 Å². The van der Waals surface area contributed by atoms with Gasteiger partial charge in [-0.15, -0.1) is 0 Å². The Hall–Kier alpha value is -0.820. The molecule has 1 aliphatic heterocycles. The molecule has 2 N–H and O–H groups in total. The predicted octanol–water partition coefficient (Wildman–Crippen LogP) is -0.403. The lowest BCUT2D eigenvalue weighted by molar-refractivity contribution is 0.493. The van der Waals surface area contributed by atoms with Crippen molar-refractivity contribution in [3.63, 3.8) is 0 Å². The van der Waals surface area contributed by atoms with Crippen molar-refractivity contribution in [2.45, 2.75) is 19.8 Å². The molecule has 1 rings (SSSR count). The zero-order valence-corrected chi connectivity index (χ0v) is 11.4. The first-order chi connectivity index (χ1) is 8.09. The zero-order valence-electron chi connectivity index (χ0n) is 10.6. The van der Waals surface area contributed by atoms with Crippen LogP contribution in [-0.4, -0.2) is 58.3 Å². The molecule has 0 aliphatic carbocycles. The van der Waals surface area contributed by atoms with E-state index in [4.69, 9.17) is 0 Å². The highest BCUT2D eigenvalue weighted by Crippen LogP contribution is 2.06. The zero-order chi connectivity index (χ0) is 12.7. The van der Waals surface area contributed by atoms with Crippen LogP contribution >= 0.6 is 0 Å². The molecule has 7 heteroatoms. The maximum Gasteiger partial charge on any atom is 0.211 e. The first kappa shape index (κ1) is 14.2. The van der Waals surface area contributed by atoms with Gasteiger partial charge >= 0.3 is 0 Å². The Bertz CT molecular complexity index is 347. The van der Waals surface area contributed by atoms with Gasteiger partial charge in [-0.2, -0.15) is 0 Å². The fourth-order valence-corrected chi connectivity index (χ4v) is 2.36. The Balaban J connectivity index is 2.25. The highest BCUT2D eigenvalue weighted by Gasteiger charge is 2.15. The molecule has 17 heavy (non-hydrogen) atoms. The largest absolute Gasteiger partial charge is 0.355 e. The minimum Gasteiger partial charge on any atom is -0.355 e. The highest BCUT2D eigenvalue weighted by molar-refractivity contribution is 7.89. The fraction of sp³-hybridized carbons (Fsp3) is 0.900. The van der Waals surface area contributed by atoms with Crippen LogP contribution < -0.4 is 10.0 Å². The highest BCUT2D eigenvalue weighted by atomic mass is 32.2. The van der Waals surface area contributed by atoms with Crippen LogP contribution in [0.2, 0.25) is 0 Å². The number of likely N-dealkylation sites (tertiary alicyclic amines) is 1. The molecule has 0 atom stereocenters. The van der Waals surface area contributed by atoms with Crippen LogP contribution in [0.15, 0.2) is 4.99 Å². The number of aliphatic imine (C=N–C) groups is 1. The summed E-state index contributed by atoms with van der Waals surface area (Å²) < 4.78 is 24.9. The van der Waals surface area contributed by atoms with Crippen LogP contribution in [0.5, 0.6) is 0 Å². The van der Waals surface area contributed by atoms with Crippen molar-refractivity contribution in [1.29, 1.82) is 0 Å². The van der Waals surface area contributed by atoms with Crippen LogP contribution in [0.25, 0.3) is 0 Å². The molecule has 0 aromatic carbocycles. The van der Waals surface area contributed by atoms with Gasteiger partial charge in [0.25, 0.3) is 0 Å². The summed E-state index contributed by atoms with van der Waals surface area (Å²) in [5.41, 5.74) is 0. The molecule has 6 nitrogen and oxygen atoms in total. The van der Waals surface area contributed by atoms with Crippen LogP contribution in [0, 0.1) is 0 Å². The molecule has 1 heterocycles. The van der Waals surface area contributed by atoms with Gasteiger partial charge in [-0.1, -0.05) is 0 Å². The maximum absolute atomic E-state index is 11.2. The molecule has 0 spiro atoms. The monoisotopic (exact) mass is 262 g/mol. The van der Waals surface area contributed by atoms with Gasteiger partial charge in [0, 0.05) is 33.2 Å². The van der Waals surface area contributed by atoms with Crippen molar-refractivity contribution >= 4 is 16.0 Å². The summed E-state index contributed by atoms with van der Waals surface area (Å²) in [5, 5.41) is 3.16. The van der Waals surface area contributed by atoms with Gasteiger partial charge in [0.1, 0.15) is 0 Å². The fourth-order valence-electron chi connectivity index (χ4n) is 1.74. The third kappa shape index (κ3) is 4.91. The van der Waals surface area contributed by atoms with Crippen molar-refractivity contribution in [1.82, 2.24) is 14.9 Å². The third-order valence-corrected chi connectivity index (χ3v) is 4.13. The molecule has 1 aliphatic rings. The standard InChI is InChI=1S/C10H22N4O2S/c1-3-17(15,16)13-7-6-12-10(11-2)14-8-4-5-9-14/h13H,3-9H2,1-2H3,(H,11,12). The van der Waals surface area contributed by atoms with Gasteiger partial charge < -0.3 is 10.2 Å². The van der Waals surface area contributed by atoms with Crippen LogP contribution in [0.4, 0.5) is 0 Å². The van der Waals surface area contributed by atoms with E-state index in [2.05, 4.69) is 19.9 Å². The minimum atomic E-state index is -3.09. The second kappa shape index (κ2) is 6.80. The Morgan fingerprint density at radius 2 is 1.94 bits per heavy atom.